The van der Waals surface area contributed by atoms with Crippen LogP contribution in [0.5, 0.6) is 11.5 Å². The second kappa shape index (κ2) is 6.16. The van der Waals surface area contributed by atoms with Gasteiger partial charge in [0.25, 0.3) is 0 Å². The van der Waals surface area contributed by atoms with Crippen LogP contribution in [-0.4, -0.2) is 34.8 Å². The first kappa shape index (κ1) is 16.6. The lowest BCUT2D eigenvalue weighted by Gasteiger charge is -2.34. The largest absolute Gasteiger partial charge is 0.497 e. The quantitative estimate of drug-likeness (QED) is 0.913. The maximum absolute atomic E-state index is 12.9. The zero-order valence-corrected chi connectivity index (χ0v) is 15.4. The SMILES string of the molecule is COc1ccc([C@@H]2C3=C(C[C@@H](C)CC3=O)Nc3nc(C)nn32)c(OC)c1. The van der Waals surface area contributed by atoms with Crippen molar-refractivity contribution in [3.05, 3.63) is 40.9 Å². The molecule has 0 unspecified atom stereocenters. The van der Waals surface area contributed by atoms with E-state index in [2.05, 4.69) is 22.3 Å². The van der Waals surface area contributed by atoms with Crippen molar-refractivity contribution in [1.82, 2.24) is 14.8 Å². The molecule has 2 atom stereocenters. The molecule has 7 nitrogen and oxygen atoms in total. The molecule has 136 valence electrons. The fraction of sp³-hybridized carbons (Fsp3) is 0.421. The number of carbonyl (C=O) groups excluding carboxylic acids is 1. The van der Waals surface area contributed by atoms with Crippen molar-refractivity contribution in [3.63, 3.8) is 0 Å². The minimum absolute atomic E-state index is 0.146. The van der Waals surface area contributed by atoms with Crippen molar-refractivity contribution in [2.45, 2.75) is 32.7 Å². The summed E-state index contributed by atoms with van der Waals surface area (Å²) in [6, 6.07) is 5.28. The van der Waals surface area contributed by atoms with E-state index in [-0.39, 0.29) is 11.8 Å². The van der Waals surface area contributed by atoms with Crippen LogP contribution in [0, 0.1) is 12.8 Å². The molecule has 0 radical (unpaired) electrons. The lowest BCUT2D eigenvalue weighted by atomic mass is 9.81. The lowest BCUT2D eigenvalue weighted by molar-refractivity contribution is -0.117. The summed E-state index contributed by atoms with van der Waals surface area (Å²) in [7, 11) is 3.23. The molecule has 4 rings (SSSR count). The second-order valence-corrected chi connectivity index (χ2v) is 6.89. The van der Waals surface area contributed by atoms with E-state index in [4.69, 9.17) is 9.47 Å². The number of hydrogen-bond acceptors (Lipinski definition) is 6. The number of anilines is 1. The molecule has 26 heavy (non-hydrogen) atoms. The highest BCUT2D eigenvalue weighted by molar-refractivity contribution is 5.99. The minimum Gasteiger partial charge on any atom is -0.497 e. The van der Waals surface area contributed by atoms with Crippen LogP contribution in [0.15, 0.2) is 29.5 Å². The summed E-state index contributed by atoms with van der Waals surface area (Å²) in [6.45, 7) is 3.94. The number of Topliss-reactive ketones (excluding diaryl/α,β-unsaturated/α-hetero) is 1. The van der Waals surface area contributed by atoms with Crippen molar-refractivity contribution in [1.29, 1.82) is 0 Å². The standard InChI is InChI=1S/C19H22N4O3/c1-10-7-14-17(15(24)8-10)18(23-19(21-14)20-11(2)22-23)13-6-5-12(25-3)9-16(13)26-4/h5-6,9-10,18H,7-8H2,1-4H3,(H,20,21,22)/t10-,18-/m1/s1. The molecule has 0 fully saturated rings. The van der Waals surface area contributed by atoms with E-state index in [0.717, 1.165) is 23.3 Å². The predicted octanol–water partition coefficient (Wildman–Crippen LogP) is 2.87. The number of nitrogens with zero attached hydrogens (tertiary/aromatic N) is 3. The molecule has 1 aromatic carbocycles. The molecule has 1 aliphatic heterocycles. The van der Waals surface area contributed by atoms with Crippen LogP contribution in [-0.2, 0) is 4.79 Å². The summed E-state index contributed by atoms with van der Waals surface area (Å²) < 4.78 is 12.7. The fourth-order valence-corrected chi connectivity index (χ4v) is 3.85. The van der Waals surface area contributed by atoms with Gasteiger partial charge in [-0.05, 0) is 31.4 Å². The fourth-order valence-electron chi connectivity index (χ4n) is 3.85. The Morgan fingerprint density at radius 1 is 1.23 bits per heavy atom. The van der Waals surface area contributed by atoms with E-state index in [1.165, 1.54) is 0 Å². The van der Waals surface area contributed by atoms with Gasteiger partial charge in [0.1, 0.15) is 23.4 Å². The van der Waals surface area contributed by atoms with Gasteiger partial charge < -0.3 is 14.8 Å². The van der Waals surface area contributed by atoms with Crippen molar-refractivity contribution in [2.24, 2.45) is 5.92 Å². The monoisotopic (exact) mass is 354 g/mol. The highest BCUT2D eigenvalue weighted by Gasteiger charge is 2.39. The van der Waals surface area contributed by atoms with Crippen LogP contribution in [0.3, 0.4) is 0 Å². The number of fused-ring (bicyclic) bond motifs is 1. The minimum atomic E-state index is -0.358. The van der Waals surface area contributed by atoms with Crippen LogP contribution in [0.1, 0.15) is 37.2 Å². The number of benzene rings is 1. The third-order valence-corrected chi connectivity index (χ3v) is 4.97. The van der Waals surface area contributed by atoms with Gasteiger partial charge >= 0.3 is 0 Å². The number of aromatic nitrogens is 3. The summed E-state index contributed by atoms with van der Waals surface area (Å²) in [5.74, 6) is 3.13. The first-order valence-corrected chi connectivity index (χ1v) is 8.70. The molecule has 1 aliphatic carbocycles. The average molecular weight is 354 g/mol. The molecule has 1 aromatic heterocycles. The van der Waals surface area contributed by atoms with E-state index in [0.29, 0.717) is 35.6 Å². The Kier molecular flexibility index (Phi) is 3.94. The van der Waals surface area contributed by atoms with Crippen LogP contribution in [0.2, 0.25) is 0 Å². The number of ketones is 1. The zero-order chi connectivity index (χ0) is 18.4. The Balaban J connectivity index is 1.93. The van der Waals surface area contributed by atoms with Gasteiger partial charge in [-0.25, -0.2) is 4.68 Å². The summed E-state index contributed by atoms with van der Waals surface area (Å²) in [6.07, 6.45) is 1.36. The molecule has 2 aromatic rings. The van der Waals surface area contributed by atoms with Gasteiger partial charge in [-0.3, -0.25) is 4.79 Å². The number of hydrogen-bond donors (Lipinski definition) is 1. The first-order chi connectivity index (χ1) is 12.5. The molecule has 0 bridgehead atoms. The number of nitrogens with one attached hydrogen (secondary N) is 1. The maximum atomic E-state index is 12.9. The Hall–Kier alpha value is -2.83. The van der Waals surface area contributed by atoms with Gasteiger partial charge in [0.2, 0.25) is 5.95 Å². The molecule has 2 aliphatic rings. The maximum Gasteiger partial charge on any atom is 0.226 e. The third-order valence-electron chi connectivity index (χ3n) is 4.97. The normalized spacial score (nSPS) is 21.8. The van der Waals surface area contributed by atoms with Gasteiger partial charge in [0.05, 0.1) is 14.2 Å². The van der Waals surface area contributed by atoms with Crippen LogP contribution in [0.4, 0.5) is 5.95 Å². The molecule has 0 amide bonds. The van der Waals surface area contributed by atoms with E-state index in [1.54, 1.807) is 18.9 Å². The lowest BCUT2D eigenvalue weighted by Crippen LogP contribution is -2.33. The number of allylic oxidation sites excluding steroid dienone is 2. The van der Waals surface area contributed by atoms with Gasteiger partial charge in [0.15, 0.2) is 5.78 Å². The van der Waals surface area contributed by atoms with Crippen molar-refractivity contribution >= 4 is 11.7 Å². The molecule has 1 N–H and O–H groups in total. The Labute approximate surface area is 152 Å². The van der Waals surface area contributed by atoms with E-state index >= 15 is 0 Å². The van der Waals surface area contributed by atoms with Crippen molar-refractivity contribution in [2.75, 3.05) is 19.5 Å². The van der Waals surface area contributed by atoms with E-state index in [9.17, 15) is 4.79 Å². The highest BCUT2D eigenvalue weighted by Crippen LogP contribution is 2.44. The van der Waals surface area contributed by atoms with Crippen LogP contribution < -0.4 is 14.8 Å². The van der Waals surface area contributed by atoms with Gasteiger partial charge in [-0.2, -0.15) is 10.1 Å². The number of aryl methyl sites for hydroxylation is 1. The summed E-state index contributed by atoms with van der Waals surface area (Å²) in [5, 5.41) is 7.86. The van der Waals surface area contributed by atoms with Crippen LogP contribution in [0.25, 0.3) is 0 Å². The number of carbonyl (C=O) groups is 1. The molecular weight excluding hydrogens is 332 g/mol. The smallest absolute Gasteiger partial charge is 0.226 e. The average Bonchev–Trinajstić information content (AvgIpc) is 2.98. The summed E-state index contributed by atoms with van der Waals surface area (Å²) in [4.78, 5) is 17.4. The van der Waals surface area contributed by atoms with Crippen molar-refractivity contribution in [3.8, 4) is 11.5 Å². The van der Waals surface area contributed by atoms with Crippen molar-refractivity contribution < 1.29 is 14.3 Å². The second-order valence-electron chi connectivity index (χ2n) is 6.89. The molecule has 2 heterocycles. The molecule has 0 saturated carbocycles. The molecular formula is C19H22N4O3. The number of rotatable bonds is 3. The molecule has 0 saturated heterocycles. The van der Waals surface area contributed by atoms with Crippen LogP contribution >= 0.6 is 0 Å². The van der Waals surface area contributed by atoms with Gasteiger partial charge in [-0.1, -0.05) is 6.92 Å². The summed E-state index contributed by atoms with van der Waals surface area (Å²) >= 11 is 0. The topological polar surface area (TPSA) is 78.3 Å². The number of methoxy groups -OCH3 is 2. The Morgan fingerprint density at radius 2 is 2.04 bits per heavy atom. The highest BCUT2D eigenvalue weighted by atomic mass is 16.5. The van der Waals surface area contributed by atoms with Gasteiger partial charge in [0, 0.05) is 29.3 Å². The zero-order valence-electron chi connectivity index (χ0n) is 15.4. The number of ether oxygens (including phenoxy) is 2. The van der Waals surface area contributed by atoms with E-state index < -0.39 is 0 Å². The molecule has 7 heteroatoms. The van der Waals surface area contributed by atoms with E-state index in [1.807, 2.05) is 25.1 Å². The first-order valence-electron chi connectivity index (χ1n) is 8.70. The molecule has 0 spiro atoms. The predicted molar refractivity (Wildman–Crippen MR) is 96.5 cm³/mol. The van der Waals surface area contributed by atoms with Gasteiger partial charge in [-0.15, -0.1) is 0 Å². The Morgan fingerprint density at radius 3 is 2.77 bits per heavy atom. The summed E-state index contributed by atoms with van der Waals surface area (Å²) in [5.41, 5.74) is 2.57. The third kappa shape index (κ3) is 2.55. The Bertz CT molecular complexity index is 916.